The van der Waals surface area contributed by atoms with Crippen molar-refractivity contribution in [3.63, 3.8) is 0 Å². The number of carbonyl (C=O) groups is 3. The van der Waals surface area contributed by atoms with Crippen LogP contribution in [0.15, 0.2) is 36.9 Å². The highest BCUT2D eigenvalue weighted by Gasteiger charge is 2.39. The van der Waals surface area contributed by atoms with E-state index in [0.717, 1.165) is 11.3 Å². The molecule has 6 nitrogen and oxygen atoms in total. The molecule has 1 unspecified atom stereocenters. The van der Waals surface area contributed by atoms with E-state index in [0.29, 0.717) is 32.5 Å². The summed E-state index contributed by atoms with van der Waals surface area (Å²) in [5.41, 5.74) is 1.62. The molecule has 1 aromatic carbocycles. The van der Waals surface area contributed by atoms with Gasteiger partial charge >= 0.3 is 5.97 Å². The highest BCUT2D eigenvalue weighted by molar-refractivity contribution is 6.00. The first-order chi connectivity index (χ1) is 12.1. The van der Waals surface area contributed by atoms with Gasteiger partial charge in [-0.05, 0) is 30.5 Å². The number of ether oxygens (including phenoxy) is 1. The summed E-state index contributed by atoms with van der Waals surface area (Å²) in [5, 5.41) is 0. The maximum Gasteiger partial charge on any atom is 0.315 e. The van der Waals surface area contributed by atoms with Crippen molar-refractivity contribution in [2.75, 3.05) is 31.6 Å². The summed E-state index contributed by atoms with van der Waals surface area (Å²) >= 11 is 0. The van der Waals surface area contributed by atoms with E-state index in [9.17, 15) is 14.4 Å². The molecule has 0 aliphatic carbocycles. The Bertz CT molecular complexity index is 707. The first kappa shape index (κ1) is 17.2. The Kier molecular flexibility index (Phi) is 4.88. The van der Waals surface area contributed by atoms with Crippen LogP contribution in [0, 0.1) is 5.92 Å². The Morgan fingerprint density at radius 2 is 1.88 bits per heavy atom. The van der Waals surface area contributed by atoms with Crippen LogP contribution < -0.4 is 4.90 Å². The number of benzene rings is 1. The second kappa shape index (κ2) is 7.09. The number of nitrogens with zero attached hydrogens (tertiary/aromatic N) is 2. The molecule has 6 heteroatoms. The summed E-state index contributed by atoms with van der Waals surface area (Å²) in [6, 6.07) is 7.47. The number of amides is 2. The summed E-state index contributed by atoms with van der Waals surface area (Å²) in [6.07, 6.45) is 2.56. The molecule has 1 aromatic rings. The van der Waals surface area contributed by atoms with Crippen molar-refractivity contribution >= 4 is 23.5 Å². The minimum atomic E-state index is -0.437. The molecule has 2 aliphatic rings. The predicted molar refractivity (Wildman–Crippen MR) is 93.1 cm³/mol. The minimum Gasteiger partial charge on any atom is -0.468 e. The molecular weight excluding hydrogens is 320 g/mol. The van der Waals surface area contributed by atoms with Crippen LogP contribution in [0.25, 0.3) is 0 Å². The minimum absolute atomic E-state index is 0.0181. The largest absolute Gasteiger partial charge is 0.468 e. The lowest BCUT2D eigenvalue weighted by molar-refractivity contribution is -0.142. The average Bonchev–Trinajstić information content (AvgIpc) is 3.06. The smallest absolute Gasteiger partial charge is 0.315 e. The summed E-state index contributed by atoms with van der Waals surface area (Å²) < 4.78 is 4.89. The highest BCUT2D eigenvalue weighted by Crippen LogP contribution is 2.38. The van der Waals surface area contributed by atoms with Gasteiger partial charge in [-0.25, -0.2) is 0 Å². The third kappa shape index (κ3) is 3.16. The number of anilines is 1. The number of piperidine rings is 1. The predicted octanol–water partition coefficient (Wildman–Crippen LogP) is 1.71. The molecule has 1 saturated heterocycles. The van der Waals surface area contributed by atoms with Gasteiger partial charge in [0.15, 0.2) is 0 Å². The Labute approximate surface area is 147 Å². The van der Waals surface area contributed by atoms with E-state index in [2.05, 4.69) is 6.58 Å². The molecular formula is C19H22N2O4. The molecule has 0 N–H and O–H groups in total. The first-order valence-corrected chi connectivity index (χ1v) is 8.46. The van der Waals surface area contributed by atoms with Gasteiger partial charge in [-0.15, -0.1) is 0 Å². The fourth-order valence-electron chi connectivity index (χ4n) is 3.66. The first-order valence-electron chi connectivity index (χ1n) is 8.46. The Hall–Kier alpha value is -2.63. The molecule has 0 aromatic heterocycles. The van der Waals surface area contributed by atoms with Crippen LogP contribution in [0.2, 0.25) is 0 Å². The van der Waals surface area contributed by atoms with Crippen molar-refractivity contribution in [1.82, 2.24) is 4.90 Å². The van der Waals surface area contributed by atoms with Gasteiger partial charge in [-0.1, -0.05) is 24.8 Å². The van der Waals surface area contributed by atoms with E-state index < -0.39 is 5.92 Å². The number of likely N-dealkylation sites (tertiary alicyclic amines) is 1. The maximum absolute atomic E-state index is 13.0. The van der Waals surface area contributed by atoms with Crippen LogP contribution >= 0.6 is 0 Å². The van der Waals surface area contributed by atoms with Crippen molar-refractivity contribution in [1.29, 1.82) is 0 Å². The van der Waals surface area contributed by atoms with Gasteiger partial charge in [-0.3, -0.25) is 14.4 Å². The monoisotopic (exact) mass is 342 g/mol. The molecule has 1 atom stereocenters. The van der Waals surface area contributed by atoms with E-state index in [4.69, 9.17) is 4.74 Å². The van der Waals surface area contributed by atoms with Crippen LogP contribution in [0.3, 0.4) is 0 Å². The zero-order chi connectivity index (χ0) is 18.0. The Morgan fingerprint density at radius 1 is 1.20 bits per heavy atom. The SMILES string of the molecule is C=CC(=O)N1CCC(C(=O)N2CC(C(=O)OC)c3ccccc32)CC1. The van der Waals surface area contributed by atoms with Gasteiger partial charge in [0.05, 0.1) is 7.11 Å². The van der Waals surface area contributed by atoms with E-state index in [1.165, 1.54) is 13.2 Å². The van der Waals surface area contributed by atoms with Gasteiger partial charge in [0.25, 0.3) is 0 Å². The maximum atomic E-state index is 13.0. The standard InChI is InChI=1S/C19H22N2O4/c1-3-17(22)20-10-8-13(9-11-20)18(23)21-12-15(19(24)25-2)14-6-4-5-7-16(14)21/h3-7,13,15H,1,8-12H2,2H3. The Morgan fingerprint density at radius 3 is 2.52 bits per heavy atom. The molecule has 0 bridgehead atoms. The number of para-hydroxylation sites is 1. The molecule has 2 aliphatic heterocycles. The van der Waals surface area contributed by atoms with E-state index in [-0.39, 0.29) is 23.7 Å². The number of hydrogen-bond donors (Lipinski definition) is 0. The topological polar surface area (TPSA) is 66.9 Å². The molecule has 2 heterocycles. The number of esters is 1. The molecule has 0 spiro atoms. The van der Waals surface area contributed by atoms with Crippen molar-refractivity contribution in [2.45, 2.75) is 18.8 Å². The summed E-state index contributed by atoms with van der Waals surface area (Å²) in [6.45, 7) is 4.92. The van der Waals surface area contributed by atoms with Crippen LogP contribution in [-0.4, -0.2) is 49.4 Å². The molecule has 1 fully saturated rings. The molecule has 0 saturated carbocycles. The van der Waals surface area contributed by atoms with Gasteiger partial charge in [0.2, 0.25) is 11.8 Å². The third-order valence-corrected chi connectivity index (χ3v) is 5.05. The summed E-state index contributed by atoms with van der Waals surface area (Å²) in [5.74, 6) is -0.979. The summed E-state index contributed by atoms with van der Waals surface area (Å²) in [7, 11) is 1.36. The van der Waals surface area contributed by atoms with E-state index in [1.54, 1.807) is 9.80 Å². The van der Waals surface area contributed by atoms with E-state index >= 15 is 0 Å². The van der Waals surface area contributed by atoms with Crippen LogP contribution in [0.1, 0.15) is 24.3 Å². The van der Waals surface area contributed by atoms with Crippen molar-refractivity contribution in [3.8, 4) is 0 Å². The molecule has 0 radical (unpaired) electrons. The molecule has 25 heavy (non-hydrogen) atoms. The Balaban J connectivity index is 1.74. The van der Waals surface area contributed by atoms with Crippen molar-refractivity contribution < 1.29 is 19.1 Å². The molecule has 132 valence electrons. The average molecular weight is 342 g/mol. The zero-order valence-electron chi connectivity index (χ0n) is 14.3. The number of fused-ring (bicyclic) bond motifs is 1. The van der Waals surface area contributed by atoms with Gasteiger partial charge in [0, 0.05) is 31.2 Å². The second-order valence-corrected chi connectivity index (χ2v) is 6.39. The second-order valence-electron chi connectivity index (χ2n) is 6.39. The highest BCUT2D eigenvalue weighted by atomic mass is 16.5. The quantitative estimate of drug-likeness (QED) is 0.620. The lowest BCUT2D eigenvalue weighted by Gasteiger charge is -2.32. The zero-order valence-corrected chi connectivity index (χ0v) is 14.3. The summed E-state index contributed by atoms with van der Waals surface area (Å²) in [4.78, 5) is 40.2. The molecule has 3 rings (SSSR count). The van der Waals surface area contributed by atoms with Crippen LogP contribution in [-0.2, 0) is 19.1 Å². The number of hydrogen-bond acceptors (Lipinski definition) is 4. The van der Waals surface area contributed by atoms with Gasteiger partial charge < -0.3 is 14.5 Å². The fraction of sp³-hybridized carbons (Fsp3) is 0.421. The molecule has 2 amide bonds. The number of carbonyl (C=O) groups excluding carboxylic acids is 3. The number of methoxy groups -OCH3 is 1. The van der Waals surface area contributed by atoms with Crippen molar-refractivity contribution in [2.24, 2.45) is 5.92 Å². The van der Waals surface area contributed by atoms with Crippen molar-refractivity contribution in [3.05, 3.63) is 42.5 Å². The number of rotatable bonds is 3. The third-order valence-electron chi connectivity index (χ3n) is 5.05. The van der Waals surface area contributed by atoms with Gasteiger partial charge in [-0.2, -0.15) is 0 Å². The van der Waals surface area contributed by atoms with E-state index in [1.807, 2.05) is 24.3 Å². The lowest BCUT2D eigenvalue weighted by atomic mass is 9.95. The lowest BCUT2D eigenvalue weighted by Crippen LogP contribution is -2.44. The van der Waals surface area contributed by atoms with Crippen LogP contribution in [0.5, 0.6) is 0 Å². The normalized spacial score (nSPS) is 20.1. The fourth-order valence-corrected chi connectivity index (χ4v) is 3.66. The van der Waals surface area contributed by atoms with Gasteiger partial charge in [0.1, 0.15) is 5.92 Å². The van der Waals surface area contributed by atoms with Crippen LogP contribution in [0.4, 0.5) is 5.69 Å².